The normalized spacial score (nSPS) is 12.5. The van der Waals surface area contributed by atoms with Gasteiger partial charge in [-0.05, 0) is 43.4 Å². The molecule has 2 aromatic rings. The van der Waals surface area contributed by atoms with Crippen molar-refractivity contribution in [1.29, 1.82) is 5.26 Å². The molecular formula is C20H20N2O5S. The monoisotopic (exact) mass is 400 g/mol. The second-order valence-electron chi connectivity index (χ2n) is 6.22. The van der Waals surface area contributed by atoms with Gasteiger partial charge in [-0.3, -0.25) is 4.79 Å². The fourth-order valence-electron chi connectivity index (χ4n) is 3.11. The van der Waals surface area contributed by atoms with Crippen LogP contribution in [0.15, 0.2) is 18.2 Å². The molecule has 0 unspecified atom stereocenters. The van der Waals surface area contributed by atoms with E-state index in [0.717, 1.165) is 36.1 Å². The Balaban J connectivity index is 1.64. The summed E-state index contributed by atoms with van der Waals surface area (Å²) < 4.78 is 15.4. The maximum atomic E-state index is 12.3. The summed E-state index contributed by atoms with van der Waals surface area (Å²) in [6.07, 6.45) is 3.92. The van der Waals surface area contributed by atoms with Gasteiger partial charge in [0.25, 0.3) is 5.91 Å². The average molecular weight is 400 g/mol. The van der Waals surface area contributed by atoms with Crippen molar-refractivity contribution in [2.24, 2.45) is 0 Å². The maximum Gasteiger partial charge on any atom is 0.342 e. The van der Waals surface area contributed by atoms with Crippen molar-refractivity contribution in [3.8, 4) is 17.6 Å². The van der Waals surface area contributed by atoms with Gasteiger partial charge in [-0.15, -0.1) is 11.3 Å². The number of fused-ring (bicyclic) bond motifs is 1. The Morgan fingerprint density at radius 2 is 2.00 bits per heavy atom. The van der Waals surface area contributed by atoms with Gasteiger partial charge in [0.05, 0.1) is 19.8 Å². The first-order valence-electron chi connectivity index (χ1n) is 8.81. The Bertz CT molecular complexity index is 945. The van der Waals surface area contributed by atoms with E-state index in [1.165, 1.54) is 31.6 Å². The topological polar surface area (TPSA) is 97.6 Å². The number of esters is 1. The zero-order valence-electron chi connectivity index (χ0n) is 15.7. The van der Waals surface area contributed by atoms with Crippen LogP contribution >= 0.6 is 11.3 Å². The van der Waals surface area contributed by atoms with Gasteiger partial charge in [-0.25, -0.2) is 4.79 Å². The number of amides is 1. The second kappa shape index (κ2) is 8.76. The smallest absolute Gasteiger partial charge is 0.342 e. The lowest BCUT2D eigenvalue weighted by atomic mass is 9.96. The van der Waals surface area contributed by atoms with Crippen LogP contribution in [0.3, 0.4) is 0 Å². The summed E-state index contributed by atoms with van der Waals surface area (Å²) in [6.45, 7) is -0.457. The second-order valence-corrected chi connectivity index (χ2v) is 7.32. The fourth-order valence-corrected chi connectivity index (χ4v) is 4.37. The highest BCUT2D eigenvalue weighted by Gasteiger charge is 2.22. The van der Waals surface area contributed by atoms with Gasteiger partial charge in [-0.1, -0.05) is 0 Å². The quantitative estimate of drug-likeness (QED) is 0.747. The zero-order valence-corrected chi connectivity index (χ0v) is 16.5. The van der Waals surface area contributed by atoms with Crippen LogP contribution in [0, 0.1) is 11.3 Å². The molecule has 0 radical (unpaired) electrons. The Morgan fingerprint density at radius 1 is 1.21 bits per heavy atom. The first-order chi connectivity index (χ1) is 13.6. The zero-order chi connectivity index (χ0) is 20.1. The van der Waals surface area contributed by atoms with E-state index in [9.17, 15) is 14.9 Å². The van der Waals surface area contributed by atoms with E-state index in [2.05, 4.69) is 11.4 Å². The highest BCUT2D eigenvalue weighted by Crippen LogP contribution is 2.37. The van der Waals surface area contributed by atoms with Gasteiger partial charge in [-0.2, -0.15) is 5.26 Å². The number of thiophene rings is 1. The minimum atomic E-state index is -0.680. The third-order valence-electron chi connectivity index (χ3n) is 4.50. The number of ether oxygens (including phenoxy) is 3. The number of anilines is 1. The Labute approximate surface area is 166 Å². The molecule has 1 N–H and O–H groups in total. The van der Waals surface area contributed by atoms with Crippen molar-refractivity contribution in [2.45, 2.75) is 25.7 Å². The van der Waals surface area contributed by atoms with E-state index in [1.807, 2.05) is 0 Å². The molecule has 1 aliphatic rings. The highest BCUT2D eigenvalue weighted by atomic mass is 32.1. The third-order valence-corrected chi connectivity index (χ3v) is 5.71. The molecule has 1 aromatic heterocycles. The molecule has 28 heavy (non-hydrogen) atoms. The predicted molar refractivity (Wildman–Crippen MR) is 104 cm³/mol. The first kappa shape index (κ1) is 19.7. The van der Waals surface area contributed by atoms with E-state index in [4.69, 9.17) is 14.2 Å². The molecule has 0 aliphatic heterocycles. The number of benzene rings is 1. The van der Waals surface area contributed by atoms with Gasteiger partial charge < -0.3 is 19.5 Å². The maximum absolute atomic E-state index is 12.3. The molecule has 1 aliphatic carbocycles. The molecule has 8 heteroatoms. The van der Waals surface area contributed by atoms with Crippen molar-refractivity contribution in [3.05, 3.63) is 39.8 Å². The number of methoxy groups -OCH3 is 2. The molecular weight excluding hydrogens is 380 g/mol. The van der Waals surface area contributed by atoms with E-state index >= 15 is 0 Å². The number of nitriles is 1. The van der Waals surface area contributed by atoms with Gasteiger partial charge in [0, 0.05) is 10.9 Å². The van der Waals surface area contributed by atoms with Crippen LogP contribution in [-0.2, 0) is 22.4 Å². The summed E-state index contributed by atoms with van der Waals surface area (Å²) in [5.74, 6) is -0.337. The van der Waals surface area contributed by atoms with E-state index in [-0.39, 0.29) is 5.56 Å². The molecule has 0 bridgehead atoms. The van der Waals surface area contributed by atoms with Crippen molar-refractivity contribution < 1.29 is 23.8 Å². The SMILES string of the molecule is COc1ccc(C(=O)OCC(=O)Nc2sc3c(c2C#N)CCCC3)c(OC)c1. The van der Waals surface area contributed by atoms with Gasteiger partial charge in [0.1, 0.15) is 28.1 Å². The lowest BCUT2D eigenvalue weighted by molar-refractivity contribution is -0.119. The lowest BCUT2D eigenvalue weighted by Gasteiger charge is -2.10. The molecule has 146 valence electrons. The summed E-state index contributed by atoms with van der Waals surface area (Å²) in [5, 5.41) is 12.7. The number of hydrogen-bond donors (Lipinski definition) is 1. The molecule has 7 nitrogen and oxygen atoms in total. The van der Waals surface area contributed by atoms with Gasteiger partial charge >= 0.3 is 5.97 Å². The Kier molecular flexibility index (Phi) is 6.16. The van der Waals surface area contributed by atoms with Crippen LogP contribution in [0.5, 0.6) is 11.5 Å². The van der Waals surface area contributed by atoms with E-state index in [0.29, 0.717) is 22.1 Å². The van der Waals surface area contributed by atoms with Crippen LogP contribution in [0.25, 0.3) is 0 Å². The summed E-state index contributed by atoms with van der Waals surface area (Å²) in [4.78, 5) is 25.7. The Morgan fingerprint density at radius 3 is 2.71 bits per heavy atom. The third kappa shape index (κ3) is 4.10. The molecule has 1 amide bonds. The van der Waals surface area contributed by atoms with E-state index < -0.39 is 18.5 Å². The van der Waals surface area contributed by atoms with Crippen LogP contribution in [0.4, 0.5) is 5.00 Å². The van der Waals surface area contributed by atoms with Crippen molar-refractivity contribution in [2.75, 3.05) is 26.1 Å². The molecule has 0 fully saturated rings. The highest BCUT2D eigenvalue weighted by molar-refractivity contribution is 7.16. The average Bonchev–Trinajstić information content (AvgIpc) is 3.08. The van der Waals surface area contributed by atoms with E-state index in [1.54, 1.807) is 12.1 Å². The number of rotatable bonds is 6. The van der Waals surface area contributed by atoms with Crippen molar-refractivity contribution in [3.63, 3.8) is 0 Å². The molecule has 3 rings (SSSR count). The molecule has 0 atom stereocenters. The minimum Gasteiger partial charge on any atom is -0.497 e. The molecule has 1 heterocycles. The summed E-state index contributed by atoms with van der Waals surface area (Å²) in [5.41, 5.74) is 1.76. The van der Waals surface area contributed by atoms with Gasteiger partial charge in [0.15, 0.2) is 6.61 Å². The van der Waals surface area contributed by atoms with Crippen molar-refractivity contribution in [1.82, 2.24) is 0 Å². The van der Waals surface area contributed by atoms with Crippen molar-refractivity contribution >= 4 is 28.2 Å². The Hall–Kier alpha value is -3.05. The number of carbonyl (C=O) groups excluding carboxylic acids is 2. The molecule has 0 saturated carbocycles. The van der Waals surface area contributed by atoms with Crippen LogP contribution in [0.1, 0.15) is 39.2 Å². The number of nitrogens with one attached hydrogen (secondary N) is 1. The lowest BCUT2D eigenvalue weighted by Crippen LogP contribution is -2.21. The number of nitrogens with zero attached hydrogens (tertiary/aromatic N) is 1. The summed E-state index contributed by atoms with van der Waals surface area (Å²) in [7, 11) is 2.94. The minimum absolute atomic E-state index is 0.195. The van der Waals surface area contributed by atoms with Crippen LogP contribution < -0.4 is 14.8 Å². The predicted octanol–water partition coefficient (Wildman–Crippen LogP) is 3.31. The van der Waals surface area contributed by atoms with Gasteiger partial charge in [0.2, 0.25) is 0 Å². The molecule has 1 aromatic carbocycles. The summed E-state index contributed by atoms with van der Waals surface area (Å²) >= 11 is 1.43. The summed E-state index contributed by atoms with van der Waals surface area (Å²) in [6, 6.07) is 6.87. The van der Waals surface area contributed by atoms with Crippen LogP contribution in [-0.4, -0.2) is 32.7 Å². The number of hydrogen-bond acceptors (Lipinski definition) is 7. The number of carbonyl (C=O) groups is 2. The fraction of sp³-hybridized carbons (Fsp3) is 0.350. The van der Waals surface area contributed by atoms with Crippen LogP contribution in [0.2, 0.25) is 0 Å². The molecule has 0 spiro atoms. The first-order valence-corrected chi connectivity index (χ1v) is 9.62. The standard InChI is InChI=1S/C20H20N2O5S/c1-25-12-7-8-14(16(9-12)26-2)20(24)27-11-18(23)22-19-15(10-21)13-5-3-4-6-17(13)28-19/h7-9H,3-6,11H2,1-2H3,(H,22,23). The molecule has 0 saturated heterocycles. The largest absolute Gasteiger partial charge is 0.497 e. The number of aryl methyl sites for hydroxylation is 1.